The zero-order valence-electron chi connectivity index (χ0n) is 16.6. The average Bonchev–Trinajstić information content (AvgIpc) is 3.26. The molecule has 0 aromatic carbocycles. The highest BCUT2D eigenvalue weighted by atomic mass is 19.3. The van der Waals surface area contributed by atoms with E-state index >= 15 is 0 Å². The first-order valence-electron chi connectivity index (χ1n) is 10.3. The summed E-state index contributed by atoms with van der Waals surface area (Å²) >= 11 is 0. The average molecular weight is 417 g/mol. The smallest absolute Gasteiger partial charge is 0.274 e. The second-order valence-corrected chi connectivity index (χ2v) is 8.11. The Bertz CT molecular complexity index is 884. The van der Waals surface area contributed by atoms with Crippen LogP contribution in [0.3, 0.4) is 0 Å². The van der Waals surface area contributed by atoms with Crippen LogP contribution in [0, 0.1) is 5.92 Å². The van der Waals surface area contributed by atoms with Gasteiger partial charge in [0.15, 0.2) is 5.69 Å². The summed E-state index contributed by atoms with van der Waals surface area (Å²) in [4.78, 5) is 30.9. The third-order valence-electron chi connectivity index (χ3n) is 6.00. The molecule has 2 aromatic rings. The van der Waals surface area contributed by atoms with Crippen molar-refractivity contribution in [2.45, 2.75) is 50.5 Å². The molecule has 4 rings (SSSR count). The van der Waals surface area contributed by atoms with E-state index in [1.807, 2.05) is 12.1 Å². The number of amides is 2. The number of aromatic nitrogens is 3. The van der Waals surface area contributed by atoms with Crippen LogP contribution in [0.5, 0.6) is 0 Å². The lowest BCUT2D eigenvalue weighted by Gasteiger charge is -2.33. The molecule has 2 N–H and O–H groups in total. The highest BCUT2D eigenvalue weighted by Gasteiger charge is 2.36. The molecule has 0 radical (unpaired) electrons. The number of halogens is 2. The van der Waals surface area contributed by atoms with Crippen molar-refractivity contribution in [2.75, 3.05) is 13.1 Å². The number of piperidine rings is 1. The fourth-order valence-corrected chi connectivity index (χ4v) is 4.12. The fourth-order valence-electron chi connectivity index (χ4n) is 4.12. The minimum Gasteiger partial charge on any atom is -0.353 e. The van der Waals surface area contributed by atoms with E-state index in [1.165, 1.54) is 0 Å². The van der Waals surface area contributed by atoms with E-state index in [0.29, 0.717) is 44.5 Å². The number of likely N-dealkylation sites (tertiary alicyclic amines) is 1. The number of nitrogens with zero attached hydrogens (tertiary/aromatic N) is 3. The molecule has 1 aliphatic heterocycles. The van der Waals surface area contributed by atoms with Crippen LogP contribution < -0.4 is 5.32 Å². The van der Waals surface area contributed by atoms with Gasteiger partial charge in [-0.2, -0.15) is 5.10 Å². The normalized spacial score (nSPS) is 20.1. The molecule has 2 aromatic heterocycles. The van der Waals surface area contributed by atoms with Crippen molar-refractivity contribution in [1.29, 1.82) is 0 Å². The van der Waals surface area contributed by atoms with E-state index < -0.39 is 5.92 Å². The van der Waals surface area contributed by atoms with Gasteiger partial charge in [-0.15, -0.1) is 0 Å². The minimum atomic E-state index is -2.60. The van der Waals surface area contributed by atoms with Crippen LogP contribution in [0.25, 0.3) is 11.3 Å². The first-order valence-corrected chi connectivity index (χ1v) is 10.3. The maximum Gasteiger partial charge on any atom is 0.274 e. The molecule has 2 aliphatic rings. The van der Waals surface area contributed by atoms with Crippen molar-refractivity contribution in [3.8, 4) is 11.3 Å². The number of rotatable bonds is 4. The summed E-state index contributed by atoms with van der Waals surface area (Å²) in [6.07, 6.45) is 4.75. The number of carbonyl (C=O) groups is 2. The molecule has 160 valence electrons. The zero-order chi connectivity index (χ0) is 21.1. The quantitative estimate of drug-likeness (QED) is 0.800. The third kappa shape index (κ3) is 4.66. The molecule has 9 heteroatoms. The van der Waals surface area contributed by atoms with Gasteiger partial charge in [-0.3, -0.25) is 19.7 Å². The minimum absolute atomic E-state index is 0.0861. The summed E-state index contributed by atoms with van der Waals surface area (Å²) in [5, 5.41) is 9.94. The zero-order valence-corrected chi connectivity index (χ0v) is 16.6. The van der Waals surface area contributed by atoms with Gasteiger partial charge in [-0.25, -0.2) is 8.78 Å². The van der Waals surface area contributed by atoms with Gasteiger partial charge >= 0.3 is 0 Å². The summed E-state index contributed by atoms with van der Waals surface area (Å²) in [6, 6.07) is 5.21. The summed E-state index contributed by atoms with van der Waals surface area (Å²) in [6.45, 7) is 0.939. The van der Waals surface area contributed by atoms with Crippen molar-refractivity contribution in [2.24, 2.45) is 5.92 Å². The number of pyridine rings is 1. The predicted octanol–water partition coefficient (Wildman–Crippen LogP) is 3.02. The fraction of sp³-hybridized carbons (Fsp3) is 0.524. The van der Waals surface area contributed by atoms with Crippen molar-refractivity contribution >= 4 is 11.8 Å². The second-order valence-electron chi connectivity index (χ2n) is 8.11. The van der Waals surface area contributed by atoms with E-state index in [4.69, 9.17) is 0 Å². The molecule has 1 saturated heterocycles. The van der Waals surface area contributed by atoms with E-state index in [2.05, 4.69) is 20.5 Å². The molecule has 30 heavy (non-hydrogen) atoms. The number of hydrogen-bond donors (Lipinski definition) is 2. The Morgan fingerprint density at radius 1 is 1.10 bits per heavy atom. The maximum atomic E-state index is 13.3. The second kappa shape index (κ2) is 8.49. The van der Waals surface area contributed by atoms with E-state index in [1.54, 1.807) is 23.4 Å². The summed E-state index contributed by atoms with van der Waals surface area (Å²) in [7, 11) is 0. The molecule has 0 spiro atoms. The van der Waals surface area contributed by atoms with Gasteiger partial charge in [0.1, 0.15) is 0 Å². The van der Waals surface area contributed by atoms with Gasteiger partial charge in [0.25, 0.3) is 5.91 Å². The standard InChI is InChI=1S/C21H25F2N5O2/c22-21(23)7-1-16(2-8-21)25-19(29)15-5-11-28(12-6-15)20(30)18-13-17(26-27-18)14-3-9-24-10-4-14/h3-4,9-10,13,15-16H,1-2,5-8,11-12H2,(H,25,29)(H,26,27). The van der Waals surface area contributed by atoms with Crippen LogP contribution in [0.2, 0.25) is 0 Å². The Morgan fingerprint density at radius 2 is 1.77 bits per heavy atom. The lowest BCUT2D eigenvalue weighted by molar-refractivity contribution is -0.128. The lowest BCUT2D eigenvalue weighted by atomic mass is 9.90. The van der Waals surface area contributed by atoms with Crippen LogP contribution in [-0.4, -0.2) is 56.9 Å². The lowest BCUT2D eigenvalue weighted by Crippen LogP contribution is -2.46. The number of H-pyrrole nitrogens is 1. The largest absolute Gasteiger partial charge is 0.353 e. The van der Waals surface area contributed by atoms with Gasteiger partial charge in [0.05, 0.1) is 5.69 Å². The Labute approximate surface area is 173 Å². The van der Waals surface area contributed by atoms with Gasteiger partial charge in [-0.05, 0) is 43.9 Å². The van der Waals surface area contributed by atoms with Crippen LogP contribution in [0.4, 0.5) is 8.78 Å². The first-order chi connectivity index (χ1) is 14.4. The predicted molar refractivity (Wildman–Crippen MR) is 106 cm³/mol. The van der Waals surface area contributed by atoms with Crippen LogP contribution in [0.15, 0.2) is 30.6 Å². The van der Waals surface area contributed by atoms with Gasteiger partial charge in [0.2, 0.25) is 11.8 Å². The van der Waals surface area contributed by atoms with E-state index in [9.17, 15) is 18.4 Å². The Kier molecular flexibility index (Phi) is 5.78. The summed E-state index contributed by atoms with van der Waals surface area (Å²) in [5.74, 6) is -3.05. The Balaban J connectivity index is 1.28. The van der Waals surface area contributed by atoms with E-state index in [0.717, 1.165) is 11.3 Å². The molecule has 2 amide bonds. The monoisotopic (exact) mass is 417 g/mol. The maximum absolute atomic E-state index is 13.3. The van der Waals surface area contributed by atoms with Crippen molar-refractivity contribution in [1.82, 2.24) is 25.4 Å². The van der Waals surface area contributed by atoms with Crippen molar-refractivity contribution in [3.05, 3.63) is 36.3 Å². The number of aromatic amines is 1. The number of nitrogens with one attached hydrogen (secondary N) is 2. The highest BCUT2D eigenvalue weighted by Crippen LogP contribution is 2.33. The molecular weight excluding hydrogens is 392 g/mol. The van der Waals surface area contributed by atoms with Gasteiger partial charge < -0.3 is 10.2 Å². The van der Waals surface area contributed by atoms with Gasteiger partial charge in [-0.1, -0.05) is 0 Å². The molecule has 1 saturated carbocycles. The van der Waals surface area contributed by atoms with Crippen molar-refractivity contribution < 1.29 is 18.4 Å². The summed E-state index contributed by atoms with van der Waals surface area (Å²) in [5.41, 5.74) is 1.98. The van der Waals surface area contributed by atoms with Crippen LogP contribution >= 0.6 is 0 Å². The van der Waals surface area contributed by atoms with Crippen LogP contribution in [-0.2, 0) is 4.79 Å². The molecular formula is C21H25F2N5O2. The number of alkyl halides is 2. The highest BCUT2D eigenvalue weighted by molar-refractivity contribution is 5.93. The number of hydrogen-bond acceptors (Lipinski definition) is 4. The molecule has 0 bridgehead atoms. The Hall–Kier alpha value is -2.84. The van der Waals surface area contributed by atoms with Gasteiger partial charge in [0, 0.05) is 55.8 Å². The SMILES string of the molecule is O=C(NC1CCC(F)(F)CC1)C1CCN(C(=O)c2cc(-c3ccncc3)[nH]n2)CC1. The molecule has 0 unspecified atom stereocenters. The Morgan fingerprint density at radius 3 is 2.43 bits per heavy atom. The molecule has 1 aliphatic carbocycles. The summed E-state index contributed by atoms with van der Waals surface area (Å²) < 4.78 is 26.5. The van der Waals surface area contributed by atoms with Crippen molar-refractivity contribution in [3.63, 3.8) is 0 Å². The molecule has 3 heterocycles. The van der Waals surface area contributed by atoms with Crippen LogP contribution in [0.1, 0.15) is 49.0 Å². The molecule has 0 atom stereocenters. The third-order valence-corrected chi connectivity index (χ3v) is 6.00. The number of carbonyl (C=O) groups excluding carboxylic acids is 2. The molecule has 7 nitrogen and oxygen atoms in total. The van der Waals surface area contributed by atoms with E-state index in [-0.39, 0.29) is 36.6 Å². The molecule has 2 fully saturated rings. The topological polar surface area (TPSA) is 91.0 Å². The first kappa shape index (κ1) is 20.4.